The molecule has 0 aliphatic carbocycles. The maximum absolute atomic E-state index is 12.3. The molecule has 134 valence electrons. The number of likely N-dealkylation sites (tertiary alicyclic amines) is 1. The number of piperidine rings is 1. The molecule has 1 saturated heterocycles. The van der Waals surface area contributed by atoms with Gasteiger partial charge in [0.15, 0.2) is 0 Å². The normalized spacial score (nSPS) is 16.2. The topological polar surface area (TPSA) is 75.4 Å². The molecule has 1 fully saturated rings. The van der Waals surface area contributed by atoms with Crippen LogP contribution in [-0.2, 0) is 16.1 Å². The van der Waals surface area contributed by atoms with Gasteiger partial charge >= 0.3 is 0 Å². The van der Waals surface area contributed by atoms with Crippen molar-refractivity contribution in [2.75, 3.05) is 13.1 Å². The smallest absolute Gasteiger partial charge is 0.224 e. The van der Waals surface area contributed by atoms with Crippen LogP contribution in [0.2, 0.25) is 0 Å². The Morgan fingerprint density at radius 1 is 1.25 bits per heavy atom. The Bertz CT molecular complexity index is 538. The highest BCUT2D eigenvalue weighted by atomic mass is 35.5. The molecule has 1 aliphatic rings. The summed E-state index contributed by atoms with van der Waals surface area (Å²) >= 11 is 0. The minimum Gasteiger partial charge on any atom is -0.352 e. The number of amides is 2. The zero-order chi connectivity index (χ0) is 16.8. The van der Waals surface area contributed by atoms with Gasteiger partial charge in [-0.15, -0.1) is 12.4 Å². The molecular formula is C18H28ClN3O2. The van der Waals surface area contributed by atoms with Gasteiger partial charge in [-0.1, -0.05) is 29.8 Å². The van der Waals surface area contributed by atoms with E-state index in [-0.39, 0.29) is 36.2 Å². The van der Waals surface area contributed by atoms with Crippen LogP contribution in [-0.4, -0.2) is 35.8 Å². The van der Waals surface area contributed by atoms with Gasteiger partial charge in [-0.2, -0.15) is 0 Å². The molecule has 0 aromatic heterocycles. The number of nitrogens with zero attached hydrogens (tertiary/aromatic N) is 1. The largest absolute Gasteiger partial charge is 0.352 e. The maximum atomic E-state index is 12.3. The van der Waals surface area contributed by atoms with E-state index in [0.29, 0.717) is 26.1 Å². The Morgan fingerprint density at radius 3 is 2.38 bits per heavy atom. The Labute approximate surface area is 150 Å². The number of carbonyl (C=O) groups excluding carboxylic acids is 2. The lowest BCUT2D eigenvalue weighted by molar-refractivity contribution is -0.135. The summed E-state index contributed by atoms with van der Waals surface area (Å²) in [6, 6.07) is 8.04. The van der Waals surface area contributed by atoms with E-state index in [1.54, 1.807) is 0 Å². The summed E-state index contributed by atoms with van der Waals surface area (Å²) in [6.45, 7) is 5.73. The molecule has 24 heavy (non-hydrogen) atoms. The van der Waals surface area contributed by atoms with Crippen molar-refractivity contribution in [3.8, 4) is 0 Å². The van der Waals surface area contributed by atoms with E-state index in [1.165, 1.54) is 5.56 Å². The van der Waals surface area contributed by atoms with E-state index in [9.17, 15) is 9.59 Å². The molecule has 2 rings (SSSR count). The number of benzene rings is 1. The fraction of sp³-hybridized carbons (Fsp3) is 0.556. The number of carbonyl (C=O) groups is 2. The molecule has 0 bridgehead atoms. The molecule has 5 nitrogen and oxygen atoms in total. The fourth-order valence-electron chi connectivity index (χ4n) is 2.84. The van der Waals surface area contributed by atoms with Gasteiger partial charge in [0.25, 0.3) is 0 Å². The van der Waals surface area contributed by atoms with Crippen molar-refractivity contribution >= 4 is 24.2 Å². The summed E-state index contributed by atoms with van der Waals surface area (Å²) in [7, 11) is 0. The molecule has 1 heterocycles. The number of hydrogen-bond acceptors (Lipinski definition) is 3. The average molecular weight is 354 g/mol. The van der Waals surface area contributed by atoms with E-state index in [2.05, 4.69) is 5.32 Å². The monoisotopic (exact) mass is 353 g/mol. The second-order valence-electron chi connectivity index (χ2n) is 6.54. The minimum absolute atomic E-state index is 0. The molecule has 0 radical (unpaired) electrons. The van der Waals surface area contributed by atoms with Gasteiger partial charge in [-0.05, 0) is 32.3 Å². The first-order valence-corrected chi connectivity index (χ1v) is 8.32. The van der Waals surface area contributed by atoms with Crippen LogP contribution in [0.15, 0.2) is 24.3 Å². The SMILES string of the molecule is Cc1ccc(CNC(=O)C2CCN(C(=O)CC(C)N)CC2)cc1.Cl. The third-order valence-corrected chi connectivity index (χ3v) is 4.30. The van der Waals surface area contributed by atoms with E-state index in [1.807, 2.05) is 43.0 Å². The number of nitrogens with one attached hydrogen (secondary N) is 1. The Kier molecular flexibility index (Phi) is 8.22. The highest BCUT2D eigenvalue weighted by molar-refractivity contribution is 5.85. The minimum atomic E-state index is -0.113. The molecule has 1 aromatic rings. The van der Waals surface area contributed by atoms with Crippen LogP contribution in [0, 0.1) is 12.8 Å². The maximum Gasteiger partial charge on any atom is 0.224 e. The van der Waals surface area contributed by atoms with Crippen LogP contribution < -0.4 is 11.1 Å². The van der Waals surface area contributed by atoms with Crippen molar-refractivity contribution in [2.24, 2.45) is 11.7 Å². The summed E-state index contributed by atoms with van der Waals surface area (Å²) in [5, 5.41) is 3.00. The van der Waals surface area contributed by atoms with Crippen LogP contribution in [0.4, 0.5) is 0 Å². The first-order valence-electron chi connectivity index (χ1n) is 8.32. The highest BCUT2D eigenvalue weighted by Gasteiger charge is 2.27. The molecule has 1 aromatic carbocycles. The lowest BCUT2D eigenvalue weighted by atomic mass is 9.95. The summed E-state index contributed by atoms with van der Waals surface area (Å²) < 4.78 is 0. The van der Waals surface area contributed by atoms with Gasteiger partial charge in [-0.3, -0.25) is 9.59 Å². The van der Waals surface area contributed by atoms with Crippen molar-refractivity contribution < 1.29 is 9.59 Å². The van der Waals surface area contributed by atoms with Crippen LogP contribution in [0.1, 0.15) is 37.3 Å². The molecule has 2 amide bonds. The van der Waals surface area contributed by atoms with Gasteiger partial charge in [0, 0.05) is 38.0 Å². The Hall–Kier alpha value is -1.59. The van der Waals surface area contributed by atoms with E-state index in [0.717, 1.165) is 18.4 Å². The van der Waals surface area contributed by atoms with Crippen molar-refractivity contribution in [2.45, 2.75) is 45.7 Å². The number of halogens is 1. The van der Waals surface area contributed by atoms with Crippen molar-refractivity contribution in [3.05, 3.63) is 35.4 Å². The standard InChI is InChI=1S/C18H27N3O2.ClH/c1-13-3-5-15(6-4-13)12-20-18(23)16-7-9-21(10-8-16)17(22)11-14(2)19;/h3-6,14,16H,7-12,19H2,1-2H3,(H,20,23);1H. The number of hydrogen-bond donors (Lipinski definition) is 2. The molecule has 1 aliphatic heterocycles. The predicted octanol–water partition coefficient (Wildman–Crippen LogP) is 2.01. The van der Waals surface area contributed by atoms with Gasteiger partial charge in [-0.25, -0.2) is 0 Å². The lowest BCUT2D eigenvalue weighted by Gasteiger charge is -2.31. The highest BCUT2D eigenvalue weighted by Crippen LogP contribution is 2.18. The third kappa shape index (κ3) is 6.13. The molecular weight excluding hydrogens is 326 g/mol. The summed E-state index contributed by atoms with van der Waals surface area (Å²) in [5.41, 5.74) is 7.99. The second kappa shape index (κ2) is 9.64. The average Bonchev–Trinajstić information content (AvgIpc) is 2.53. The molecule has 3 N–H and O–H groups in total. The summed E-state index contributed by atoms with van der Waals surface area (Å²) in [5.74, 6) is 0.183. The molecule has 1 atom stereocenters. The van der Waals surface area contributed by atoms with E-state index >= 15 is 0 Å². The summed E-state index contributed by atoms with van der Waals surface area (Å²) in [6.07, 6.45) is 1.83. The lowest BCUT2D eigenvalue weighted by Crippen LogP contribution is -2.44. The third-order valence-electron chi connectivity index (χ3n) is 4.30. The Balaban J connectivity index is 0.00000288. The first-order chi connectivity index (χ1) is 11.0. The van der Waals surface area contributed by atoms with Gasteiger partial charge in [0.2, 0.25) is 11.8 Å². The van der Waals surface area contributed by atoms with E-state index in [4.69, 9.17) is 5.73 Å². The van der Waals surface area contributed by atoms with Gasteiger partial charge in [0.05, 0.1) is 0 Å². The second-order valence-corrected chi connectivity index (χ2v) is 6.54. The molecule has 0 spiro atoms. The van der Waals surface area contributed by atoms with Crippen LogP contribution in [0.3, 0.4) is 0 Å². The van der Waals surface area contributed by atoms with Crippen molar-refractivity contribution in [1.29, 1.82) is 0 Å². The first kappa shape index (κ1) is 20.5. The zero-order valence-electron chi connectivity index (χ0n) is 14.5. The van der Waals surface area contributed by atoms with Crippen molar-refractivity contribution in [3.63, 3.8) is 0 Å². The fourth-order valence-corrected chi connectivity index (χ4v) is 2.84. The molecule has 6 heteroatoms. The zero-order valence-corrected chi connectivity index (χ0v) is 15.3. The van der Waals surface area contributed by atoms with Crippen LogP contribution in [0.5, 0.6) is 0 Å². The summed E-state index contributed by atoms with van der Waals surface area (Å²) in [4.78, 5) is 26.1. The van der Waals surface area contributed by atoms with Crippen LogP contribution >= 0.6 is 12.4 Å². The number of rotatable bonds is 5. The van der Waals surface area contributed by atoms with Gasteiger partial charge < -0.3 is 16.0 Å². The predicted molar refractivity (Wildman–Crippen MR) is 97.8 cm³/mol. The molecule has 1 unspecified atom stereocenters. The van der Waals surface area contributed by atoms with Crippen LogP contribution in [0.25, 0.3) is 0 Å². The van der Waals surface area contributed by atoms with Gasteiger partial charge in [0.1, 0.15) is 0 Å². The van der Waals surface area contributed by atoms with E-state index < -0.39 is 0 Å². The number of nitrogens with two attached hydrogens (primary N) is 1. The molecule has 0 saturated carbocycles. The number of aryl methyl sites for hydroxylation is 1. The Morgan fingerprint density at radius 2 is 1.83 bits per heavy atom. The van der Waals surface area contributed by atoms with Crippen molar-refractivity contribution in [1.82, 2.24) is 10.2 Å². The quantitative estimate of drug-likeness (QED) is 0.850.